The number of carbonyl (C=O) groups excluding carboxylic acids is 1. The number of hydrogen-bond donors (Lipinski definition) is 1. The monoisotopic (exact) mass is 245 g/mol. The predicted octanol–water partition coefficient (Wildman–Crippen LogP) is 2.67. The Morgan fingerprint density at radius 2 is 2.00 bits per heavy atom. The molecule has 0 atom stereocenters. The van der Waals surface area contributed by atoms with E-state index in [1.165, 1.54) is 0 Å². The van der Waals surface area contributed by atoms with Gasteiger partial charge in [-0.3, -0.25) is 4.79 Å². The second-order valence-corrected chi connectivity index (χ2v) is 4.91. The molecule has 0 unspecified atom stereocenters. The van der Waals surface area contributed by atoms with E-state index in [9.17, 15) is 4.79 Å². The molecular weight excluding hydrogens is 230 g/mol. The number of Topliss-reactive ketones (excluding diaryl/α,β-unsaturated/α-hetero) is 1. The minimum Gasteiger partial charge on any atom is -0.330 e. The zero-order valence-electron chi connectivity index (χ0n) is 9.56. The van der Waals surface area contributed by atoms with E-state index in [0.29, 0.717) is 13.0 Å². The normalized spacial score (nSPS) is 10.4. The van der Waals surface area contributed by atoms with Gasteiger partial charge in [-0.15, -0.1) is 11.3 Å². The minimum absolute atomic E-state index is 0.177. The zero-order valence-corrected chi connectivity index (χ0v) is 10.4. The molecule has 2 nitrogen and oxygen atoms in total. The number of hydrogen-bond acceptors (Lipinski definition) is 3. The summed E-state index contributed by atoms with van der Waals surface area (Å²) >= 11 is 1.62. The van der Waals surface area contributed by atoms with Crippen molar-refractivity contribution in [1.29, 1.82) is 0 Å². The fourth-order valence-electron chi connectivity index (χ4n) is 1.83. The molecule has 17 heavy (non-hydrogen) atoms. The van der Waals surface area contributed by atoms with E-state index in [0.717, 1.165) is 22.4 Å². The maximum atomic E-state index is 12.2. The largest absolute Gasteiger partial charge is 0.330 e. The van der Waals surface area contributed by atoms with Crippen LogP contribution in [0.2, 0.25) is 0 Å². The molecule has 2 N–H and O–H groups in total. The van der Waals surface area contributed by atoms with Crippen LogP contribution in [0.4, 0.5) is 0 Å². The maximum Gasteiger partial charge on any atom is 0.168 e. The van der Waals surface area contributed by atoms with Crippen LogP contribution in [0.1, 0.15) is 20.8 Å². The summed E-state index contributed by atoms with van der Waals surface area (Å²) in [5, 5.41) is 1.99. The molecule has 0 aliphatic carbocycles. The molecule has 2 rings (SSSR count). The van der Waals surface area contributed by atoms with Crippen LogP contribution in [0.5, 0.6) is 0 Å². The topological polar surface area (TPSA) is 43.1 Å². The van der Waals surface area contributed by atoms with Crippen LogP contribution in [-0.4, -0.2) is 12.3 Å². The maximum absolute atomic E-state index is 12.2. The Labute approximate surface area is 105 Å². The van der Waals surface area contributed by atoms with Crippen LogP contribution in [0, 0.1) is 0 Å². The molecule has 0 saturated heterocycles. The molecule has 0 spiro atoms. The number of thiophene rings is 1. The number of ketones is 1. The molecule has 1 heterocycles. The van der Waals surface area contributed by atoms with Crippen LogP contribution in [0.25, 0.3) is 0 Å². The fourth-order valence-corrected chi connectivity index (χ4v) is 2.54. The highest BCUT2D eigenvalue weighted by Gasteiger charge is 2.11. The third kappa shape index (κ3) is 3.02. The second kappa shape index (κ2) is 5.75. The Bertz CT molecular complexity index is 491. The van der Waals surface area contributed by atoms with Gasteiger partial charge in [0.05, 0.1) is 0 Å². The van der Waals surface area contributed by atoms with E-state index in [-0.39, 0.29) is 5.78 Å². The van der Waals surface area contributed by atoms with Crippen molar-refractivity contribution in [1.82, 2.24) is 0 Å². The van der Waals surface area contributed by atoms with Crippen LogP contribution in [-0.2, 0) is 12.8 Å². The van der Waals surface area contributed by atoms with Crippen molar-refractivity contribution < 1.29 is 4.79 Å². The third-order valence-corrected chi connectivity index (χ3v) is 3.52. The SMILES string of the molecule is NCCc1ccccc1C(=O)Cc1cccs1. The average Bonchev–Trinajstić information content (AvgIpc) is 2.83. The van der Waals surface area contributed by atoms with Gasteiger partial charge in [-0.25, -0.2) is 0 Å². The Kier molecular flexibility index (Phi) is 4.07. The van der Waals surface area contributed by atoms with E-state index in [4.69, 9.17) is 5.73 Å². The first-order chi connectivity index (χ1) is 8.31. The molecule has 0 aliphatic rings. The molecule has 0 radical (unpaired) electrons. The Hall–Kier alpha value is -1.45. The van der Waals surface area contributed by atoms with Gasteiger partial charge in [-0.2, -0.15) is 0 Å². The highest BCUT2D eigenvalue weighted by molar-refractivity contribution is 7.10. The van der Waals surface area contributed by atoms with E-state index >= 15 is 0 Å². The van der Waals surface area contributed by atoms with Crippen LogP contribution < -0.4 is 5.73 Å². The van der Waals surface area contributed by atoms with E-state index in [2.05, 4.69) is 0 Å². The first kappa shape index (κ1) is 12.0. The highest BCUT2D eigenvalue weighted by Crippen LogP contribution is 2.16. The van der Waals surface area contributed by atoms with Crippen molar-refractivity contribution in [3.8, 4) is 0 Å². The summed E-state index contributed by atoms with van der Waals surface area (Å²) in [6.45, 7) is 0.573. The van der Waals surface area contributed by atoms with Gasteiger partial charge in [0.2, 0.25) is 0 Å². The fraction of sp³-hybridized carbons (Fsp3) is 0.214. The standard InChI is InChI=1S/C14H15NOS/c15-8-7-11-4-1-2-6-13(11)14(16)10-12-5-3-9-17-12/h1-6,9H,7-8,10,15H2. The minimum atomic E-state index is 0.177. The lowest BCUT2D eigenvalue weighted by atomic mass is 9.99. The van der Waals surface area contributed by atoms with E-state index in [1.54, 1.807) is 11.3 Å². The summed E-state index contributed by atoms with van der Waals surface area (Å²) in [5.41, 5.74) is 7.42. The summed E-state index contributed by atoms with van der Waals surface area (Å²) in [5.74, 6) is 0.177. The van der Waals surface area contributed by atoms with E-state index in [1.807, 2.05) is 41.8 Å². The van der Waals surface area contributed by atoms with Crippen LogP contribution in [0.3, 0.4) is 0 Å². The third-order valence-electron chi connectivity index (χ3n) is 2.65. The lowest BCUT2D eigenvalue weighted by molar-refractivity contribution is 0.0993. The Morgan fingerprint density at radius 1 is 1.18 bits per heavy atom. The zero-order chi connectivity index (χ0) is 12.1. The van der Waals surface area contributed by atoms with Crippen molar-refractivity contribution in [2.24, 2.45) is 5.73 Å². The molecule has 0 saturated carbocycles. The van der Waals surface area contributed by atoms with Crippen molar-refractivity contribution in [2.45, 2.75) is 12.8 Å². The molecule has 0 amide bonds. The highest BCUT2D eigenvalue weighted by atomic mass is 32.1. The number of carbonyl (C=O) groups is 1. The number of benzene rings is 1. The summed E-state index contributed by atoms with van der Waals surface area (Å²) in [6.07, 6.45) is 1.24. The lowest BCUT2D eigenvalue weighted by Crippen LogP contribution is -2.10. The quantitative estimate of drug-likeness (QED) is 0.823. The van der Waals surface area contributed by atoms with Crippen molar-refractivity contribution >= 4 is 17.1 Å². The molecule has 3 heteroatoms. The average molecular weight is 245 g/mol. The Morgan fingerprint density at radius 3 is 2.71 bits per heavy atom. The van der Waals surface area contributed by atoms with Crippen molar-refractivity contribution in [2.75, 3.05) is 6.54 Å². The number of nitrogens with two attached hydrogens (primary N) is 1. The first-order valence-electron chi connectivity index (χ1n) is 5.65. The van der Waals surface area contributed by atoms with Crippen LogP contribution >= 0.6 is 11.3 Å². The van der Waals surface area contributed by atoms with Crippen molar-refractivity contribution in [3.05, 3.63) is 57.8 Å². The summed E-state index contributed by atoms with van der Waals surface area (Å²) in [7, 11) is 0. The van der Waals surface area contributed by atoms with Gasteiger partial charge >= 0.3 is 0 Å². The molecular formula is C14H15NOS. The molecule has 88 valence electrons. The van der Waals surface area contributed by atoms with Gasteiger partial charge in [0.15, 0.2) is 5.78 Å². The van der Waals surface area contributed by atoms with Gasteiger partial charge in [-0.1, -0.05) is 30.3 Å². The molecule has 1 aromatic carbocycles. The van der Waals surface area contributed by atoms with Gasteiger partial charge in [0, 0.05) is 16.9 Å². The first-order valence-corrected chi connectivity index (χ1v) is 6.53. The molecule has 0 bridgehead atoms. The van der Waals surface area contributed by atoms with Gasteiger partial charge in [-0.05, 0) is 30.0 Å². The van der Waals surface area contributed by atoms with Crippen molar-refractivity contribution in [3.63, 3.8) is 0 Å². The van der Waals surface area contributed by atoms with Gasteiger partial charge in [0.1, 0.15) is 0 Å². The van der Waals surface area contributed by atoms with Gasteiger partial charge < -0.3 is 5.73 Å². The predicted molar refractivity (Wildman–Crippen MR) is 71.6 cm³/mol. The summed E-state index contributed by atoms with van der Waals surface area (Å²) < 4.78 is 0. The summed E-state index contributed by atoms with van der Waals surface area (Å²) in [4.78, 5) is 13.3. The lowest BCUT2D eigenvalue weighted by Gasteiger charge is -2.06. The molecule has 0 aliphatic heterocycles. The number of rotatable bonds is 5. The summed E-state index contributed by atoms with van der Waals surface area (Å²) in [6, 6.07) is 11.7. The molecule has 2 aromatic rings. The second-order valence-electron chi connectivity index (χ2n) is 3.88. The van der Waals surface area contributed by atoms with E-state index < -0.39 is 0 Å². The van der Waals surface area contributed by atoms with Gasteiger partial charge in [0.25, 0.3) is 0 Å². The molecule has 0 fully saturated rings. The Balaban J connectivity index is 2.18. The van der Waals surface area contributed by atoms with Crippen LogP contribution in [0.15, 0.2) is 41.8 Å². The molecule has 1 aromatic heterocycles. The smallest absolute Gasteiger partial charge is 0.168 e.